The van der Waals surface area contributed by atoms with Crippen LogP contribution in [-0.4, -0.2) is 37.6 Å². The van der Waals surface area contributed by atoms with Gasteiger partial charge in [0.1, 0.15) is 5.75 Å². The lowest BCUT2D eigenvalue weighted by molar-refractivity contribution is -0.123. The lowest BCUT2D eigenvalue weighted by Crippen LogP contribution is -2.45. The number of nitrogens with one attached hydrogen (secondary N) is 1. The van der Waals surface area contributed by atoms with Crippen molar-refractivity contribution in [1.29, 1.82) is 0 Å². The predicted molar refractivity (Wildman–Crippen MR) is 84.7 cm³/mol. The van der Waals surface area contributed by atoms with Crippen LogP contribution in [0.15, 0.2) is 24.3 Å². The van der Waals surface area contributed by atoms with Gasteiger partial charge in [-0.3, -0.25) is 9.59 Å². The summed E-state index contributed by atoms with van der Waals surface area (Å²) in [5.41, 5.74) is 6.56. The highest BCUT2D eigenvalue weighted by Gasteiger charge is 2.24. The van der Waals surface area contributed by atoms with E-state index in [1.54, 1.807) is 4.90 Å². The van der Waals surface area contributed by atoms with Crippen LogP contribution in [0.2, 0.25) is 0 Å². The van der Waals surface area contributed by atoms with Crippen molar-refractivity contribution in [3.8, 4) is 5.75 Å². The van der Waals surface area contributed by atoms with Crippen molar-refractivity contribution >= 4 is 17.5 Å². The molecule has 2 rings (SSSR count). The van der Waals surface area contributed by atoms with Gasteiger partial charge in [-0.2, -0.15) is 0 Å². The van der Waals surface area contributed by atoms with Crippen molar-refractivity contribution in [2.75, 3.05) is 24.6 Å². The zero-order valence-electron chi connectivity index (χ0n) is 13.0. The van der Waals surface area contributed by atoms with Gasteiger partial charge in [-0.1, -0.05) is 26.0 Å². The number of hydrogen-bond acceptors (Lipinski definition) is 4. The maximum atomic E-state index is 12.0. The number of amides is 2. The van der Waals surface area contributed by atoms with Crippen LogP contribution < -0.4 is 20.7 Å². The van der Waals surface area contributed by atoms with Crippen molar-refractivity contribution < 1.29 is 14.3 Å². The summed E-state index contributed by atoms with van der Waals surface area (Å²) in [6.07, 6.45) is 0.663. The molecular weight excluding hydrogens is 282 g/mol. The standard InChI is InChI=1S/C16H23N3O3/c1-11(2)15(17)16(21)18-8-5-9-19-12-6-3-4-7-13(12)22-10-14(19)20/h3-4,6-7,11,15H,5,8-10,17H2,1-2H3,(H,18,21)/t15-/m0/s1. The molecule has 22 heavy (non-hydrogen) atoms. The van der Waals surface area contributed by atoms with Gasteiger partial charge in [-0.25, -0.2) is 0 Å². The van der Waals surface area contributed by atoms with Crippen molar-refractivity contribution in [3.63, 3.8) is 0 Å². The first kappa shape index (κ1) is 16.3. The van der Waals surface area contributed by atoms with Crippen LogP contribution in [0.4, 0.5) is 5.69 Å². The first-order valence-electron chi connectivity index (χ1n) is 7.56. The Labute approximate surface area is 130 Å². The maximum Gasteiger partial charge on any atom is 0.265 e. The first-order valence-corrected chi connectivity index (χ1v) is 7.56. The molecule has 3 N–H and O–H groups in total. The quantitative estimate of drug-likeness (QED) is 0.765. The van der Waals surface area contributed by atoms with E-state index in [-0.39, 0.29) is 24.3 Å². The molecule has 6 nitrogen and oxygen atoms in total. The van der Waals surface area contributed by atoms with E-state index in [2.05, 4.69) is 5.32 Å². The molecule has 0 aromatic heterocycles. The SMILES string of the molecule is CC(C)[C@H](N)C(=O)NCCCN1C(=O)COc2ccccc21. The Bertz CT molecular complexity index is 545. The summed E-state index contributed by atoms with van der Waals surface area (Å²) >= 11 is 0. The molecule has 1 atom stereocenters. The molecule has 0 radical (unpaired) electrons. The summed E-state index contributed by atoms with van der Waals surface area (Å²) in [5.74, 6) is 0.605. The van der Waals surface area contributed by atoms with Gasteiger partial charge in [0, 0.05) is 13.1 Å². The second-order valence-electron chi connectivity index (χ2n) is 5.72. The summed E-state index contributed by atoms with van der Waals surface area (Å²) in [6.45, 7) is 4.91. The Morgan fingerprint density at radius 1 is 1.41 bits per heavy atom. The zero-order valence-corrected chi connectivity index (χ0v) is 13.0. The van der Waals surface area contributed by atoms with Gasteiger partial charge in [0.2, 0.25) is 5.91 Å². The first-order chi connectivity index (χ1) is 10.5. The van der Waals surface area contributed by atoms with E-state index in [0.717, 1.165) is 5.69 Å². The summed E-state index contributed by atoms with van der Waals surface area (Å²) in [7, 11) is 0. The Morgan fingerprint density at radius 3 is 2.86 bits per heavy atom. The van der Waals surface area contributed by atoms with Crippen LogP contribution in [0, 0.1) is 5.92 Å². The van der Waals surface area contributed by atoms with Gasteiger partial charge >= 0.3 is 0 Å². The Balaban J connectivity index is 1.85. The molecule has 1 aromatic carbocycles. The molecule has 1 aliphatic heterocycles. The topological polar surface area (TPSA) is 84.7 Å². The molecule has 0 spiro atoms. The third-order valence-electron chi connectivity index (χ3n) is 3.69. The third kappa shape index (κ3) is 3.76. The van der Waals surface area contributed by atoms with E-state index < -0.39 is 6.04 Å². The third-order valence-corrected chi connectivity index (χ3v) is 3.69. The largest absolute Gasteiger partial charge is 0.482 e. The number of fused-ring (bicyclic) bond motifs is 1. The number of para-hydroxylation sites is 2. The number of rotatable bonds is 6. The number of anilines is 1. The molecule has 2 amide bonds. The minimum atomic E-state index is -0.495. The summed E-state index contributed by atoms with van der Waals surface area (Å²) in [5, 5.41) is 2.81. The fourth-order valence-corrected chi connectivity index (χ4v) is 2.27. The molecule has 1 heterocycles. The van der Waals surface area contributed by atoms with Crippen molar-refractivity contribution in [2.45, 2.75) is 26.3 Å². The minimum Gasteiger partial charge on any atom is -0.482 e. The molecule has 1 aliphatic rings. The van der Waals surface area contributed by atoms with Crippen LogP contribution in [0.1, 0.15) is 20.3 Å². The Kier molecular flexibility index (Phi) is 5.38. The lowest BCUT2D eigenvalue weighted by atomic mass is 10.1. The van der Waals surface area contributed by atoms with Gasteiger partial charge in [0.15, 0.2) is 6.61 Å². The molecule has 0 aliphatic carbocycles. The highest BCUT2D eigenvalue weighted by atomic mass is 16.5. The zero-order chi connectivity index (χ0) is 16.1. The molecule has 120 valence electrons. The van der Waals surface area contributed by atoms with E-state index in [4.69, 9.17) is 10.5 Å². The van der Waals surface area contributed by atoms with Crippen LogP contribution >= 0.6 is 0 Å². The molecule has 0 bridgehead atoms. The fraction of sp³-hybridized carbons (Fsp3) is 0.500. The smallest absolute Gasteiger partial charge is 0.265 e. The number of ether oxygens (including phenoxy) is 1. The van der Waals surface area contributed by atoms with E-state index in [1.807, 2.05) is 38.1 Å². The van der Waals surface area contributed by atoms with E-state index in [1.165, 1.54) is 0 Å². The number of carbonyl (C=O) groups is 2. The van der Waals surface area contributed by atoms with E-state index >= 15 is 0 Å². The molecule has 1 aromatic rings. The highest BCUT2D eigenvalue weighted by molar-refractivity contribution is 5.97. The van der Waals surface area contributed by atoms with Gasteiger partial charge in [-0.15, -0.1) is 0 Å². The highest BCUT2D eigenvalue weighted by Crippen LogP contribution is 2.31. The van der Waals surface area contributed by atoms with E-state index in [9.17, 15) is 9.59 Å². The number of nitrogens with two attached hydrogens (primary N) is 1. The van der Waals surface area contributed by atoms with Crippen LogP contribution in [0.3, 0.4) is 0 Å². The molecule has 6 heteroatoms. The molecule has 0 saturated carbocycles. The molecule has 0 saturated heterocycles. The number of benzene rings is 1. The van der Waals surface area contributed by atoms with E-state index in [0.29, 0.717) is 25.3 Å². The van der Waals surface area contributed by atoms with Crippen molar-refractivity contribution in [1.82, 2.24) is 5.32 Å². The number of nitrogens with zero attached hydrogens (tertiary/aromatic N) is 1. The van der Waals surface area contributed by atoms with Gasteiger partial charge in [-0.05, 0) is 24.5 Å². The van der Waals surface area contributed by atoms with Crippen LogP contribution in [0.5, 0.6) is 5.75 Å². The van der Waals surface area contributed by atoms with Gasteiger partial charge in [0.05, 0.1) is 11.7 Å². The summed E-state index contributed by atoms with van der Waals surface area (Å²) in [4.78, 5) is 25.4. The Hall–Kier alpha value is -2.08. The van der Waals surface area contributed by atoms with Crippen LogP contribution in [0.25, 0.3) is 0 Å². The minimum absolute atomic E-state index is 0.0571. The summed E-state index contributed by atoms with van der Waals surface area (Å²) in [6, 6.07) is 6.96. The summed E-state index contributed by atoms with van der Waals surface area (Å²) < 4.78 is 5.39. The van der Waals surface area contributed by atoms with Crippen molar-refractivity contribution in [2.24, 2.45) is 11.7 Å². The second kappa shape index (κ2) is 7.26. The van der Waals surface area contributed by atoms with Gasteiger partial charge in [0.25, 0.3) is 5.91 Å². The average molecular weight is 305 g/mol. The molecule has 0 fully saturated rings. The maximum absolute atomic E-state index is 12.0. The second-order valence-corrected chi connectivity index (χ2v) is 5.72. The lowest BCUT2D eigenvalue weighted by Gasteiger charge is -2.29. The van der Waals surface area contributed by atoms with Gasteiger partial charge < -0.3 is 20.7 Å². The molecule has 0 unspecified atom stereocenters. The fourth-order valence-electron chi connectivity index (χ4n) is 2.27. The predicted octanol–water partition coefficient (Wildman–Crippen LogP) is 0.902. The number of hydrogen-bond donors (Lipinski definition) is 2. The molecular formula is C16H23N3O3. The Morgan fingerprint density at radius 2 is 2.14 bits per heavy atom. The van der Waals surface area contributed by atoms with Crippen LogP contribution in [-0.2, 0) is 9.59 Å². The number of carbonyl (C=O) groups excluding carboxylic acids is 2. The average Bonchev–Trinajstić information content (AvgIpc) is 2.52. The van der Waals surface area contributed by atoms with Crippen molar-refractivity contribution in [3.05, 3.63) is 24.3 Å². The monoisotopic (exact) mass is 305 g/mol. The normalized spacial score (nSPS) is 15.3.